The number of anilines is 3. The van der Waals surface area contributed by atoms with Crippen LogP contribution in [0.1, 0.15) is 19.8 Å². The van der Waals surface area contributed by atoms with Crippen LogP contribution in [0.25, 0.3) is 0 Å². The molecule has 0 atom stereocenters. The SMILES string of the molecule is CCN1CCC(C(=O)Nc2cc(Cl)ccc2N(C)c2ccccc2)CC1. The number of piperidine rings is 1. The summed E-state index contributed by atoms with van der Waals surface area (Å²) in [5, 5.41) is 3.74. The van der Waals surface area contributed by atoms with Gasteiger partial charge in [0.05, 0.1) is 11.4 Å². The molecule has 1 fully saturated rings. The number of hydrogen-bond donors (Lipinski definition) is 1. The second kappa shape index (κ2) is 8.56. The Kier molecular flexibility index (Phi) is 6.17. The number of rotatable bonds is 5. The predicted octanol–water partition coefficient (Wildman–Crippen LogP) is 4.78. The van der Waals surface area contributed by atoms with Gasteiger partial charge in [0.2, 0.25) is 5.91 Å². The molecule has 1 heterocycles. The topological polar surface area (TPSA) is 35.6 Å². The van der Waals surface area contributed by atoms with Gasteiger partial charge < -0.3 is 15.1 Å². The Bertz CT molecular complexity index is 742. The molecule has 0 aromatic heterocycles. The van der Waals surface area contributed by atoms with Gasteiger partial charge in [-0.1, -0.05) is 36.7 Å². The van der Waals surface area contributed by atoms with E-state index in [1.807, 2.05) is 55.6 Å². The third kappa shape index (κ3) is 4.37. The number of carbonyl (C=O) groups excluding carboxylic acids is 1. The maximum Gasteiger partial charge on any atom is 0.227 e. The molecule has 1 saturated heterocycles. The van der Waals surface area contributed by atoms with Gasteiger partial charge in [0.25, 0.3) is 0 Å². The molecule has 1 N–H and O–H groups in total. The number of nitrogens with zero attached hydrogens (tertiary/aromatic N) is 2. The second-order valence-electron chi connectivity index (χ2n) is 6.75. The van der Waals surface area contributed by atoms with Crippen LogP contribution in [0.4, 0.5) is 17.1 Å². The van der Waals surface area contributed by atoms with Crippen molar-refractivity contribution < 1.29 is 4.79 Å². The van der Waals surface area contributed by atoms with E-state index < -0.39 is 0 Å². The van der Waals surface area contributed by atoms with Crippen LogP contribution in [0.2, 0.25) is 5.02 Å². The van der Waals surface area contributed by atoms with Crippen LogP contribution >= 0.6 is 11.6 Å². The summed E-state index contributed by atoms with van der Waals surface area (Å²) in [7, 11) is 1.99. The Hall–Kier alpha value is -2.04. The van der Waals surface area contributed by atoms with Crippen molar-refractivity contribution in [3.05, 3.63) is 53.6 Å². The van der Waals surface area contributed by atoms with Gasteiger partial charge in [0.15, 0.2) is 0 Å². The minimum absolute atomic E-state index is 0.0617. The molecule has 0 aliphatic carbocycles. The molecule has 1 aliphatic heterocycles. The molecule has 2 aromatic rings. The fourth-order valence-electron chi connectivity index (χ4n) is 3.44. The zero-order chi connectivity index (χ0) is 18.5. The van der Waals surface area contributed by atoms with Crippen molar-refractivity contribution in [1.29, 1.82) is 0 Å². The number of hydrogen-bond acceptors (Lipinski definition) is 3. The molecule has 1 amide bonds. The maximum absolute atomic E-state index is 12.8. The molecule has 3 rings (SSSR count). The average Bonchev–Trinajstić information content (AvgIpc) is 2.68. The Labute approximate surface area is 160 Å². The van der Waals surface area contributed by atoms with E-state index in [0.29, 0.717) is 5.02 Å². The van der Waals surface area contributed by atoms with E-state index in [1.165, 1.54) is 0 Å². The molecule has 0 radical (unpaired) electrons. The van der Waals surface area contributed by atoms with Crippen LogP contribution in [-0.4, -0.2) is 37.5 Å². The van der Waals surface area contributed by atoms with Gasteiger partial charge in [-0.05, 0) is 62.8 Å². The summed E-state index contributed by atoms with van der Waals surface area (Å²) in [6.45, 7) is 5.19. The lowest BCUT2D eigenvalue weighted by atomic mass is 9.96. The van der Waals surface area contributed by atoms with E-state index >= 15 is 0 Å². The maximum atomic E-state index is 12.8. The molecule has 4 nitrogen and oxygen atoms in total. The van der Waals surface area contributed by atoms with Crippen molar-refractivity contribution in [3.8, 4) is 0 Å². The first-order valence-corrected chi connectivity index (χ1v) is 9.58. The number of likely N-dealkylation sites (tertiary alicyclic amines) is 1. The predicted molar refractivity (Wildman–Crippen MR) is 109 cm³/mol. The summed E-state index contributed by atoms with van der Waals surface area (Å²) in [6, 6.07) is 15.7. The molecule has 0 spiro atoms. The quantitative estimate of drug-likeness (QED) is 0.821. The van der Waals surface area contributed by atoms with Gasteiger partial charge in [0.1, 0.15) is 0 Å². The van der Waals surface area contributed by atoms with E-state index in [-0.39, 0.29) is 11.8 Å². The van der Waals surface area contributed by atoms with Gasteiger partial charge in [0, 0.05) is 23.7 Å². The van der Waals surface area contributed by atoms with Crippen molar-refractivity contribution in [2.75, 3.05) is 36.9 Å². The number of benzene rings is 2. The van der Waals surface area contributed by atoms with E-state index in [0.717, 1.165) is 49.5 Å². The summed E-state index contributed by atoms with van der Waals surface area (Å²) in [5.41, 5.74) is 2.74. The Balaban J connectivity index is 1.77. The summed E-state index contributed by atoms with van der Waals surface area (Å²) >= 11 is 6.20. The van der Waals surface area contributed by atoms with E-state index in [4.69, 9.17) is 11.6 Å². The van der Waals surface area contributed by atoms with Gasteiger partial charge in [-0.25, -0.2) is 0 Å². The minimum atomic E-state index is 0.0617. The number of nitrogens with one attached hydrogen (secondary N) is 1. The molecular weight excluding hydrogens is 346 g/mol. The summed E-state index contributed by atoms with van der Waals surface area (Å²) in [5.74, 6) is 0.150. The van der Waals surface area contributed by atoms with E-state index in [9.17, 15) is 4.79 Å². The lowest BCUT2D eigenvalue weighted by Gasteiger charge is -2.30. The van der Waals surface area contributed by atoms with Crippen molar-refractivity contribution in [3.63, 3.8) is 0 Å². The highest BCUT2D eigenvalue weighted by molar-refractivity contribution is 6.31. The summed E-state index contributed by atoms with van der Waals surface area (Å²) < 4.78 is 0. The first-order valence-electron chi connectivity index (χ1n) is 9.20. The monoisotopic (exact) mass is 371 g/mol. The second-order valence-corrected chi connectivity index (χ2v) is 7.19. The standard InChI is InChI=1S/C21H26ClN3O/c1-3-25-13-11-16(12-14-25)21(26)23-19-15-17(22)9-10-20(19)24(2)18-7-5-4-6-8-18/h4-10,15-16H,3,11-14H2,1-2H3,(H,23,26). The highest BCUT2D eigenvalue weighted by atomic mass is 35.5. The van der Waals surface area contributed by atoms with Crippen LogP contribution < -0.4 is 10.2 Å². The third-order valence-corrected chi connectivity index (χ3v) is 5.36. The van der Waals surface area contributed by atoms with Crippen molar-refractivity contribution in [2.45, 2.75) is 19.8 Å². The average molecular weight is 372 g/mol. The van der Waals surface area contributed by atoms with Gasteiger partial charge in [-0.3, -0.25) is 4.79 Å². The molecule has 26 heavy (non-hydrogen) atoms. The largest absolute Gasteiger partial charge is 0.343 e. The molecule has 2 aromatic carbocycles. The summed E-state index contributed by atoms with van der Waals surface area (Å²) in [4.78, 5) is 17.2. The summed E-state index contributed by atoms with van der Waals surface area (Å²) in [6.07, 6.45) is 1.81. The number of halogens is 1. The fourth-order valence-corrected chi connectivity index (χ4v) is 3.61. The van der Waals surface area contributed by atoms with Crippen LogP contribution in [0.15, 0.2) is 48.5 Å². The lowest BCUT2D eigenvalue weighted by molar-refractivity contribution is -0.121. The molecule has 0 bridgehead atoms. The zero-order valence-electron chi connectivity index (χ0n) is 15.4. The third-order valence-electron chi connectivity index (χ3n) is 5.13. The van der Waals surface area contributed by atoms with Crippen molar-refractivity contribution >= 4 is 34.6 Å². The first kappa shape index (κ1) is 18.7. The lowest BCUT2D eigenvalue weighted by Crippen LogP contribution is -2.38. The van der Waals surface area contributed by atoms with Crippen molar-refractivity contribution in [2.24, 2.45) is 5.92 Å². The molecule has 138 valence electrons. The van der Waals surface area contributed by atoms with Gasteiger partial charge in [-0.2, -0.15) is 0 Å². The van der Waals surface area contributed by atoms with E-state index in [2.05, 4.69) is 22.0 Å². The van der Waals surface area contributed by atoms with Gasteiger partial charge in [-0.15, -0.1) is 0 Å². The van der Waals surface area contributed by atoms with Crippen LogP contribution in [0.5, 0.6) is 0 Å². The molecular formula is C21H26ClN3O. The fraction of sp³-hybridized carbons (Fsp3) is 0.381. The molecule has 0 unspecified atom stereocenters. The van der Waals surface area contributed by atoms with E-state index in [1.54, 1.807) is 0 Å². The normalized spacial score (nSPS) is 15.7. The smallest absolute Gasteiger partial charge is 0.227 e. The van der Waals surface area contributed by atoms with Crippen LogP contribution in [0.3, 0.4) is 0 Å². The zero-order valence-corrected chi connectivity index (χ0v) is 16.2. The number of para-hydroxylation sites is 1. The van der Waals surface area contributed by atoms with Crippen molar-refractivity contribution in [1.82, 2.24) is 4.90 Å². The highest BCUT2D eigenvalue weighted by Crippen LogP contribution is 2.33. The molecule has 0 saturated carbocycles. The van der Waals surface area contributed by atoms with Gasteiger partial charge >= 0.3 is 0 Å². The van der Waals surface area contributed by atoms with Crippen LogP contribution in [-0.2, 0) is 4.79 Å². The number of amides is 1. The van der Waals surface area contributed by atoms with Crippen LogP contribution in [0, 0.1) is 5.92 Å². The molecule has 5 heteroatoms. The Morgan fingerprint density at radius 3 is 2.54 bits per heavy atom. The molecule has 1 aliphatic rings. The highest BCUT2D eigenvalue weighted by Gasteiger charge is 2.25. The minimum Gasteiger partial charge on any atom is -0.343 e. The number of carbonyl (C=O) groups is 1. The Morgan fingerprint density at radius 1 is 1.19 bits per heavy atom. The Morgan fingerprint density at radius 2 is 1.88 bits per heavy atom. The first-order chi connectivity index (χ1) is 12.6.